The molecule has 0 aliphatic carbocycles. The molecule has 1 amide bonds. The summed E-state index contributed by atoms with van der Waals surface area (Å²) in [6, 6.07) is 9.34. The van der Waals surface area contributed by atoms with Gasteiger partial charge in [-0.3, -0.25) is 4.79 Å². The maximum Gasteiger partial charge on any atom is 0.248 e. The Bertz CT molecular complexity index is 1280. The fraction of sp³-hybridized carbons (Fsp3) is 0.333. The minimum atomic E-state index is -3.91. The van der Waals surface area contributed by atoms with Gasteiger partial charge in [-0.05, 0) is 75.1 Å². The molecule has 0 saturated carbocycles. The number of furan rings is 1. The average Bonchev–Trinajstić information content (AvgIpc) is 3.44. The second kappa shape index (κ2) is 9.36. The maximum atomic E-state index is 13.5. The van der Waals surface area contributed by atoms with Crippen LogP contribution in [0.25, 0.3) is 12.2 Å². The Labute approximate surface area is 193 Å². The molecule has 4 rings (SSSR count). The Morgan fingerprint density at radius 3 is 2.79 bits per heavy atom. The molecule has 3 heterocycles. The quantitative estimate of drug-likeness (QED) is 0.574. The number of hydrogen-bond acceptors (Lipinski definition) is 6. The first-order chi connectivity index (χ1) is 15.8. The number of carbonyl (C=O) groups is 1. The molecule has 1 unspecified atom stereocenters. The van der Waals surface area contributed by atoms with Crippen molar-refractivity contribution in [2.45, 2.75) is 38.5 Å². The highest BCUT2D eigenvalue weighted by molar-refractivity contribution is 7.89. The van der Waals surface area contributed by atoms with Crippen LogP contribution < -0.4 is 5.32 Å². The van der Waals surface area contributed by atoms with E-state index in [-0.39, 0.29) is 28.8 Å². The lowest BCUT2D eigenvalue weighted by Gasteiger charge is -2.31. The number of aromatic nitrogens is 1. The summed E-state index contributed by atoms with van der Waals surface area (Å²) < 4.78 is 38.9. The van der Waals surface area contributed by atoms with Crippen molar-refractivity contribution in [3.8, 4) is 0 Å². The van der Waals surface area contributed by atoms with Crippen LogP contribution in [0, 0.1) is 26.7 Å². The number of anilines is 1. The predicted octanol–water partition coefficient (Wildman–Crippen LogP) is 4.40. The SMILES string of the molecule is Cc1ccc(C)c(NC(=O)C2CCCN(S(=O)(=O)c3c(C)noc3C=Cc3ccco3)C2)c1. The zero-order valence-corrected chi connectivity index (χ0v) is 19.7. The van der Waals surface area contributed by atoms with Gasteiger partial charge in [0.1, 0.15) is 11.5 Å². The van der Waals surface area contributed by atoms with Crippen LogP contribution in [0.15, 0.2) is 50.4 Å². The van der Waals surface area contributed by atoms with Crippen molar-refractivity contribution in [2.24, 2.45) is 5.92 Å². The van der Waals surface area contributed by atoms with Crippen LogP contribution in [0.4, 0.5) is 5.69 Å². The van der Waals surface area contributed by atoms with Crippen LogP contribution in [-0.4, -0.2) is 36.9 Å². The zero-order chi connectivity index (χ0) is 23.6. The molecule has 3 aromatic rings. The monoisotopic (exact) mass is 469 g/mol. The van der Waals surface area contributed by atoms with Crippen LogP contribution in [0.3, 0.4) is 0 Å². The summed E-state index contributed by atoms with van der Waals surface area (Å²) in [7, 11) is -3.91. The summed E-state index contributed by atoms with van der Waals surface area (Å²) in [6.45, 7) is 5.92. The van der Waals surface area contributed by atoms with Gasteiger partial charge in [0.25, 0.3) is 0 Å². The second-order valence-electron chi connectivity index (χ2n) is 8.32. The molecule has 1 atom stereocenters. The van der Waals surface area contributed by atoms with Gasteiger partial charge in [0.15, 0.2) is 10.7 Å². The molecule has 9 heteroatoms. The standard InChI is InChI=1S/C24H27N3O5S/c1-16-8-9-17(2)21(14-16)25-24(28)19-6-4-12-27(15-19)33(29,30)23-18(3)26-32-22(23)11-10-20-7-5-13-31-20/h5,7-11,13-14,19H,4,6,12,15H2,1-3H3,(H,25,28). The van der Waals surface area contributed by atoms with Crippen molar-refractivity contribution in [2.75, 3.05) is 18.4 Å². The van der Waals surface area contributed by atoms with E-state index in [4.69, 9.17) is 8.94 Å². The smallest absolute Gasteiger partial charge is 0.248 e. The summed E-state index contributed by atoms with van der Waals surface area (Å²) >= 11 is 0. The van der Waals surface area contributed by atoms with Gasteiger partial charge in [0.2, 0.25) is 15.9 Å². The highest BCUT2D eigenvalue weighted by Gasteiger charge is 2.37. The minimum absolute atomic E-state index is 0.0147. The highest BCUT2D eigenvalue weighted by atomic mass is 32.2. The molecule has 1 saturated heterocycles. The van der Waals surface area contributed by atoms with E-state index < -0.39 is 15.9 Å². The van der Waals surface area contributed by atoms with Crippen LogP contribution in [0.5, 0.6) is 0 Å². The van der Waals surface area contributed by atoms with Gasteiger partial charge in [-0.2, -0.15) is 4.31 Å². The summed E-state index contributed by atoms with van der Waals surface area (Å²) in [4.78, 5) is 13.0. The van der Waals surface area contributed by atoms with E-state index >= 15 is 0 Å². The van der Waals surface area contributed by atoms with Gasteiger partial charge in [0.05, 0.1) is 12.2 Å². The molecule has 0 spiro atoms. The Kier molecular flexibility index (Phi) is 6.53. The third-order valence-electron chi connectivity index (χ3n) is 5.78. The van der Waals surface area contributed by atoms with E-state index in [0.717, 1.165) is 16.8 Å². The maximum absolute atomic E-state index is 13.5. The van der Waals surface area contributed by atoms with Crippen LogP contribution >= 0.6 is 0 Å². The van der Waals surface area contributed by atoms with E-state index in [1.807, 2.05) is 32.0 Å². The van der Waals surface area contributed by atoms with Crippen LogP contribution in [0.2, 0.25) is 0 Å². The molecule has 8 nitrogen and oxygen atoms in total. The Morgan fingerprint density at radius 1 is 1.21 bits per heavy atom. The minimum Gasteiger partial charge on any atom is -0.465 e. The Morgan fingerprint density at radius 2 is 2.03 bits per heavy atom. The number of piperidine rings is 1. The number of benzene rings is 1. The third-order valence-corrected chi connectivity index (χ3v) is 7.80. The molecule has 1 N–H and O–H groups in total. The molecule has 1 fully saturated rings. The van der Waals surface area contributed by atoms with E-state index in [1.165, 1.54) is 16.6 Å². The van der Waals surface area contributed by atoms with Crippen molar-refractivity contribution in [1.82, 2.24) is 9.46 Å². The topological polar surface area (TPSA) is 106 Å². The first-order valence-corrected chi connectivity index (χ1v) is 12.3. The molecule has 1 aromatic carbocycles. The van der Waals surface area contributed by atoms with Crippen LogP contribution in [-0.2, 0) is 14.8 Å². The second-order valence-corrected chi connectivity index (χ2v) is 10.2. The Hall–Kier alpha value is -3.17. The first-order valence-electron chi connectivity index (χ1n) is 10.8. The van der Waals surface area contributed by atoms with Gasteiger partial charge in [-0.25, -0.2) is 8.42 Å². The first kappa shape index (κ1) is 23.0. The number of amides is 1. The lowest BCUT2D eigenvalue weighted by Crippen LogP contribution is -2.44. The van der Waals surface area contributed by atoms with Crippen molar-refractivity contribution in [3.05, 3.63) is 64.9 Å². The Balaban J connectivity index is 1.54. The van der Waals surface area contributed by atoms with Crippen LogP contribution in [0.1, 0.15) is 41.2 Å². The number of hydrogen-bond donors (Lipinski definition) is 1. The van der Waals surface area contributed by atoms with E-state index in [2.05, 4.69) is 10.5 Å². The van der Waals surface area contributed by atoms with Gasteiger partial charge in [0, 0.05) is 18.8 Å². The molecule has 2 aromatic heterocycles. The fourth-order valence-corrected chi connectivity index (χ4v) is 5.73. The van der Waals surface area contributed by atoms with Gasteiger partial charge < -0.3 is 14.3 Å². The summed E-state index contributed by atoms with van der Waals surface area (Å²) in [6.07, 6.45) is 5.89. The van der Waals surface area contributed by atoms with Crippen molar-refractivity contribution in [1.29, 1.82) is 0 Å². The average molecular weight is 470 g/mol. The van der Waals surface area contributed by atoms with E-state index in [0.29, 0.717) is 25.1 Å². The molecule has 1 aliphatic heterocycles. The normalized spacial score (nSPS) is 17.5. The van der Waals surface area contributed by atoms with Gasteiger partial charge in [-0.1, -0.05) is 17.3 Å². The lowest BCUT2D eigenvalue weighted by atomic mass is 9.98. The zero-order valence-electron chi connectivity index (χ0n) is 18.9. The summed E-state index contributed by atoms with van der Waals surface area (Å²) in [5, 5.41) is 6.84. The summed E-state index contributed by atoms with van der Waals surface area (Å²) in [5.41, 5.74) is 3.03. The molecule has 33 heavy (non-hydrogen) atoms. The predicted molar refractivity (Wildman–Crippen MR) is 125 cm³/mol. The number of nitrogens with one attached hydrogen (secondary N) is 1. The molecule has 0 bridgehead atoms. The number of aryl methyl sites for hydroxylation is 3. The highest BCUT2D eigenvalue weighted by Crippen LogP contribution is 2.30. The molecular weight excluding hydrogens is 442 g/mol. The number of sulfonamides is 1. The van der Waals surface area contributed by atoms with Crippen molar-refractivity contribution < 1.29 is 22.2 Å². The van der Waals surface area contributed by atoms with E-state index in [1.54, 1.807) is 25.1 Å². The van der Waals surface area contributed by atoms with Gasteiger partial charge in [-0.15, -0.1) is 0 Å². The third kappa shape index (κ3) is 4.94. The number of carbonyl (C=O) groups excluding carboxylic acids is 1. The van der Waals surface area contributed by atoms with Crippen molar-refractivity contribution in [3.63, 3.8) is 0 Å². The van der Waals surface area contributed by atoms with Gasteiger partial charge >= 0.3 is 0 Å². The van der Waals surface area contributed by atoms with Crippen molar-refractivity contribution >= 4 is 33.8 Å². The lowest BCUT2D eigenvalue weighted by molar-refractivity contribution is -0.120. The molecule has 0 radical (unpaired) electrons. The fourth-order valence-electron chi connectivity index (χ4n) is 3.95. The molecule has 1 aliphatic rings. The number of nitrogens with zero attached hydrogens (tertiary/aromatic N) is 2. The number of rotatable bonds is 6. The largest absolute Gasteiger partial charge is 0.465 e. The molecule has 174 valence electrons. The molecular formula is C24H27N3O5S. The van der Waals surface area contributed by atoms with E-state index in [9.17, 15) is 13.2 Å². The summed E-state index contributed by atoms with van der Waals surface area (Å²) in [5.74, 6) is 0.0682.